The number of carbonyl (C=O) groups excluding carboxylic acids is 2. The first-order valence-electron chi connectivity index (χ1n) is 15.4. The van der Waals surface area contributed by atoms with E-state index in [0.29, 0.717) is 28.5 Å². The molecule has 0 spiro atoms. The minimum atomic E-state index is -0.949. The monoisotopic (exact) mass is 591 g/mol. The summed E-state index contributed by atoms with van der Waals surface area (Å²) in [6.07, 6.45) is 8.64. The Morgan fingerprint density at radius 3 is 2.47 bits per heavy atom. The second-order valence-corrected chi connectivity index (χ2v) is 13.0. The average molecular weight is 592 g/mol. The Kier molecular flexibility index (Phi) is 9.27. The molecule has 0 aliphatic heterocycles. The summed E-state index contributed by atoms with van der Waals surface area (Å²) >= 11 is 0. The standard InChI is InChI=1S/C33H45N5O5/c1-33(2,41)20-42-28-16-15-27-26(19-35-38(27)30(28)22-8-9-22)32(40)36-23-10-12-24(13-11-23)43-29-18-21(6-5-17-37(3)4)7-14-25(29)31(34)39/h7,14-16,18-19,22-24,41H,5-6,8-13,17,20H2,1-4H3,(H2,34,39)(H,36,40). The summed E-state index contributed by atoms with van der Waals surface area (Å²) in [4.78, 5) is 27.6. The minimum Gasteiger partial charge on any atom is -0.490 e. The lowest BCUT2D eigenvalue weighted by atomic mass is 9.92. The van der Waals surface area contributed by atoms with Crippen LogP contribution < -0.4 is 20.5 Å². The highest BCUT2D eigenvalue weighted by Gasteiger charge is 2.32. The second-order valence-electron chi connectivity index (χ2n) is 13.0. The number of carbonyl (C=O) groups is 2. The van der Waals surface area contributed by atoms with Crippen LogP contribution in [0.25, 0.3) is 5.52 Å². The van der Waals surface area contributed by atoms with E-state index in [-0.39, 0.29) is 24.7 Å². The van der Waals surface area contributed by atoms with E-state index in [2.05, 4.69) is 29.4 Å². The topological polar surface area (TPSA) is 131 Å². The molecule has 10 heteroatoms. The number of pyridine rings is 1. The predicted octanol–water partition coefficient (Wildman–Crippen LogP) is 4.07. The van der Waals surface area contributed by atoms with E-state index in [1.807, 2.05) is 28.8 Å². The summed E-state index contributed by atoms with van der Waals surface area (Å²) < 4.78 is 14.1. The van der Waals surface area contributed by atoms with Crippen molar-refractivity contribution in [2.24, 2.45) is 5.73 Å². The Bertz CT molecular complexity index is 1450. The van der Waals surface area contributed by atoms with Gasteiger partial charge in [0, 0.05) is 12.0 Å². The fourth-order valence-corrected chi connectivity index (χ4v) is 5.73. The molecule has 2 heterocycles. The summed E-state index contributed by atoms with van der Waals surface area (Å²) in [7, 11) is 4.11. The molecule has 0 unspecified atom stereocenters. The maximum absolute atomic E-state index is 13.4. The lowest BCUT2D eigenvalue weighted by Gasteiger charge is -2.30. The van der Waals surface area contributed by atoms with E-state index < -0.39 is 11.5 Å². The molecule has 0 radical (unpaired) electrons. The smallest absolute Gasteiger partial charge is 0.255 e. The molecule has 2 aromatic heterocycles. The highest BCUT2D eigenvalue weighted by Crippen LogP contribution is 2.44. The van der Waals surface area contributed by atoms with Crippen LogP contribution in [0.5, 0.6) is 11.5 Å². The molecule has 5 rings (SSSR count). The lowest BCUT2D eigenvalue weighted by Crippen LogP contribution is -2.39. The van der Waals surface area contributed by atoms with E-state index in [1.54, 1.807) is 26.1 Å². The van der Waals surface area contributed by atoms with Crippen molar-refractivity contribution in [1.82, 2.24) is 19.8 Å². The third kappa shape index (κ3) is 7.86. The molecule has 43 heavy (non-hydrogen) atoms. The van der Waals surface area contributed by atoms with E-state index in [9.17, 15) is 14.7 Å². The molecule has 1 aromatic carbocycles. The predicted molar refractivity (Wildman–Crippen MR) is 165 cm³/mol. The number of aliphatic hydroxyl groups is 1. The molecular weight excluding hydrogens is 546 g/mol. The number of nitrogens with two attached hydrogens (primary N) is 1. The van der Waals surface area contributed by atoms with Crippen LogP contribution in [-0.2, 0) is 6.42 Å². The number of aromatic nitrogens is 2. The molecule has 2 amide bonds. The van der Waals surface area contributed by atoms with Crippen LogP contribution in [0, 0.1) is 0 Å². The number of nitrogens with zero attached hydrogens (tertiary/aromatic N) is 3. The Morgan fingerprint density at radius 1 is 1.07 bits per heavy atom. The molecule has 0 saturated heterocycles. The molecule has 2 saturated carbocycles. The first kappa shape index (κ1) is 30.8. The van der Waals surface area contributed by atoms with E-state index in [0.717, 1.165) is 74.7 Å². The van der Waals surface area contributed by atoms with Crippen molar-refractivity contribution < 1.29 is 24.2 Å². The maximum Gasteiger partial charge on any atom is 0.255 e. The average Bonchev–Trinajstić information content (AvgIpc) is 3.69. The van der Waals surface area contributed by atoms with Crippen LogP contribution in [0.2, 0.25) is 0 Å². The van der Waals surface area contributed by atoms with Gasteiger partial charge in [-0.1, -0.05) is 6.07 Å². The number of fused-ring (bicyclic) bond motifs is 1. The molecule has 4 N–H and O–H groups in total. The zero-order valence-electron chi connectivity index (χ0n) is 25.8. The number of amides is 2. The van der Waals surface area contributed by atoms with E-state index >= 15 is 0 Å². The molecule has 232 valence electrons. The van der Waals surface area contributed by atoms with Crippen LogP contribution in [0.1, 0.15) is 96.7 Å². The van der Waals surface area contributed by atoms with Gasteiger partial charge >= 0.3 is 0 Å². The molecule has 2 fully saturated rings. The second kappa shape index (κ2) is 12.9. The van der Waals surface area contributed by atoms with Gasteiger partial charge in [-0.3, -0.25) is 9.59 Å². The van der Waals surface area contributed by atoms with E-state index in [1.165, 1.54) is 0 Å². The Balaban J connectivity index is 1.20. The van der Waals surface area contributed by atoms with Gasteiger partial charge in [0.1, 0.15) is 18.1 Å². The van der Waals surface area contributed by atoms with Crippen LogP contribution >= 0.6 is 0 Å². The summed E-state index contributed by atoms with van der Waals surface area (Å²) in [5.74, 6) is 0.938. The summed E-state index contributed by atoms with van der Waals surface area (Å²) in [6.45, 7) is 4.58. The molecule has 2 aliphatic carbocycles. The van der Waals surface area contributed by atoms with Crippen molar-refractivity contribution in [3.63, 3.8) is 0 Å². The van der Waals surface area contributed by atoms with Crippen LogP contribution in [-0.4, -0.2) is 76.4 Å². The summed E-state index contributed by atoms with van der Waals surface area (Å²) in [6, 6.07) is 9.43. The zero-order valence-corrected chi connectivity index (χ0v) is 25.8. The van der Waals surface area contributed by atoms with Crippen molar-refractivity contribution in [2.75, 3.05) is 27.2 Å². The van der Waals surface area contributed by atoms with Gasteiger partial charge in [-0.15, -0.1) is 0 Å². The molecule has 3 aromatic rings. The molecule has 0 bridgehead atoms. The van der Waals surface area contributed by atoms with Gasteiger partial charge in [-0.25, -0.2) is 4.52 Å². The van der Waals surface area contributed by atoms with Gasteiger partial charge in [0.25, 0.3) is 11.8 Å². The number of hydrogen-bond donors (Lipinski definition) is 3. The molecule has 10 nitrogen and oxygen atoms in total. The van der Waals surface area contributed by atoms with Gasteiger partial charge < -0.3 is 30.5 Å². The van der Waals surface area contributed by atoms with Gasteiger partial charge in [0.05, 0.1) is 40.2 Å². The van der Waals surface area contributed by atoms with Crippen LogP contribution in [0.3, 0.4) is 0 Å². The number of nitrogens with one attached hydrogen (secondary N) is 1. The first-order valence-corrected chi connectivity index (χ1v) is 15.4. The SMILES string of the molecule is CN(C)CCCc1ccc(C(N)=O)c(OC2CCC(NC(=O)c3cnn4c(C5CC5)c(OCC(C)(C)O)ccc34)CC2)c1. The number of aryl methyl sites for hydroxylation is 1. The zero-order chi connectivity index (χ0) is 30.7. The number of rotatable bonds is 13. The van der Waals surface area contributed by atoms with Gasteiger partial charge in [0.2, 0.25) is 0 Å². The van der Waals surface area contributed by atoms with Gasteiger partial charge in [-0.2, -0.15) is 5.10 Å². The fraction of sp³-hybridized carbons (Fsp3) is 0.545. The molecule has 2 aliphatic rings. The Labute approximate surface area is 253 Å². The normalized spacial score (nSPS) is 19.0. The quantitative estimate of drug-likeness (QED) is 0.273. The number of ether oxygens (including phenoxy) is 2. The van der Waals surface area contributed by atoms with Gasteiger partial charge in [0.15, 0.2) is 0 Å². The van der Waals surface area contributed by atoms with Crippen molar-refractivity contribution in [1.29, 1.82) is 0 Å². The Hall–Kier alpha value is -3.63. The Morgan fingerprint density at radius 2 is 1.81 bits per heavy atom. The fourth-order valence-electron chi connectivity index (χ4n) is 5.73. The highest BCUT2D eigenvalue weighted by atomic mass is 16.5. The van der Waals surface area contributed by atoms with Crippen molar-refractivity contribution >= 4 is 17.3 Å². The van der Waals surface area contributed by atoms with Crippen molar-refractivity contribution in [3.8, 4) is 11.5 Å². The minimum absolute atomic E-state index is 0.0209. The molecular formula is C33H45N5O5. The van der Waals surface area contributed by atoms with Gasteiger partial charge in [-0.05, 0) is 116 Å². The highest BCUT2D eigenvalue weighted by molar-refractivity contribution is 6.01. The van der Waals surface area contributed by atoms with Crippen molar-refractivity contribution in [2.45, 2.75) is 88.9 Å². The lowest BCUT2D eigenvalue weighted by molar-refractivity contribution is 0.0279. The summed E-state index contributed by atoms with van der Waals surface area (Å²) in [5.41, 5.74) is 8.45. The van der Waals surface area contributed by atoms with Crippen LogP contribution in [0.15, 0.2) is 36.5 Å². The van der Waals surface area contributed by atoms with Crippen molar-refractivity contribution in [3.05, 3.63) is 58.9 Å². The third-order valence-corrected chi connectivity index (χ3v) is 8.15. The molecule has 0 atom stereocenters. The first-order chi connectivity index (χ1) is 20.5. The largest absolute Gasteiger partial charge is 0.490 e. The third-order valence-electron chi connectivity index (χ3n) is 8.15. The summed E-state index contributed by atoms with van der Waals surface area (Å²) in [5, 5.41) is 17.9. The number of hydrogen-bond acceptors (Lipinski definition) is 7. The van der Waals surface area contributed by atoms with Crippen LogP contribution in [0.4, 0.5) is 0 Å². The number of benzene rings is 1. The van der Waals surface area contributed by atoms with E-state index in [4.69, 9.17) is 15.2 Å². The number of primary amides is 1. The maximum atomic E-state index is 13.4.